The molecule has 0 saturated heterocycles. The van der Waals surface area contributed by atoms with Crippen molar-refractivity contribution in [2.75, 3.05) is 23.8 Å². The Kier molecular flexibility index (Phi) is 5.56. The lowest BCUT2D eigenvalue weighted by molar-refractivity contribution is -0.140. The van der Waals surface area contributed by atoms with Gasteiger partial charge in [-0.3, -0.25) is 4.79 Å². The molecule has 2 N–H and O–H groups in total. The van der Waals surface area contributed by atoms with Gasteiger partial charge in [0.1, 0.15) is 12.4 Å². The molecule has 0 bridgehead atoms. The molecule has 4 rings (SSSR count). The van der Waals surface area contributed by atoms with Gasteiger partial charge in [-0.25, -0.2) is 4.68 Å². The number of hydrogen-bond donors (Lipinski definition) is 2. The Morgan fingerprint density at radius 2 is 1.83 bits per heavy atom. The molecule has 2 aromatic heterocycles. The Bertz CT molecular complexity index is 1160. The molecule has 8 heteroatoms. The molecule has 0 saturated carbocycles. The summed E-state index contributed by atoms with van der Waals surface area (Å²) in [5, 5.41) is 11.5. The van der Waals surface area contributed by atoms with Crippen molar-refractivity contribution in [1.29, 1.82) is 0 Å². The number of anilines is 3. The lowest BCUT2D eigenvalue weighted by atomic mass is 10.2. The fourth-order valence-electron chi connectivity index (χ4n) is 2.98. The van der Waals surface area contributed by atoms with Gasteiger partial charge in [0.2, 0.25) is 5.95 Å². The number of nitrogens with zero attached hydrogens (tertiary/aromatic N) is 4. The standard InChI is InChI=1S/C22H22N6O2/c1-3-30-19(29)14-23-22-26-20(25-16-11-9-15(2)10-12-16)18-13-24-28(21(18)27-22)17-7-5-4-6-8-17/h4-13H,3,14H2,1-2H3,(H2,23,25,26,27). The van der Waals surface area contributed by atoms with Crippen molar-refractivity contribution in [2.45, 2.75) is 13.8 Å². The van der Waals surface area contributed by atoms with Crippen LogP contribution in [0.5, 0.6) is 0 Å². The summed E-state index contributed by atoms with van der Waals surface area (Å²) in [6, 6.07) is 17.7. The average molecular weight is 402 g/mol. The number of rotatable bonds is 7. The Morgan fingerprint density at radius 1 is 1.07 bits per heavy atom. The molecule has 4 aromatic rings. The third kappa shape index (κ3) is 4.22. The highest BCUT2D eigenvalue weighted by Crippen LogP contribution is 2.27. The van der Waals surface area contributed by atoms with E-state index in [0.717, 1.165) is 16.8 Å². The smallest absolute Gasteiger partial charge is 0.325 e. The quantitative estimate of drug-likeness (QED) is 0.454. The van der Waals surface area contributed by atoms with Crippen molar-refractivity contribution in [3.63, 3.8) is 0 Å². The highest BCUT2D eigenvalue weighted by atomic mass is 16.5. The Balaban J connectivity index is 1.75. The number of aryl methyl sites for hydroxylation is 1. The van der Waals surface area contributed by atoms with Gasteiger partial charge < -0.3 is 15.4 Å². The molecule has 0 atom stereocenters. The molecule has 0 aliphatic carbocycles. The van der Waals surface area contributed by atoms with Gasteiger partial charge in [-0.1, -0.05) is 35.9 Å². The SMILES string of the molecule is CCOC(=O)CNc1nc(Nc2ccc(C)cc2)c2cnn(-c3ccccc3)c2n1. The van der Waals surface area contributed by atoms with Gasteiger partial charge in [0.15, 0.2) is 5.65 Å². The van der Waals surface area contributed by atoms with E-state index in [1.165, 1.54) is 5.56 Å². The molecule has 2 heterocycles. The van der Waals surface area contributed by atoms with E-state index in [2.05, 4.69) is 25.7 Å². The minimum Gasteiger partial charge on any atom is -0.465 e. The lowest BCUT2D eigenvalue weighted by Gasteiger charge is -2.11. The maximum absolute atomic E-state index is 11.8. The number of carbonyl (C=O) groups excluding carboxylic acids is 1. The first-order valence-corrected chi connectivity index (χ1v) is 9.68. The summed E-state index contributed by atoms with van der Waals surface area (Å²) >= 11 is 0. The Labute approximate surface area is 173 Å². The van der Waals surface area contributed by atoms with Gasteiger partial charge in [0.05, 0.1) is 23.9 Å². The molecule has 2 aromatic carbocycles. The number of carbonyl (C=O) groups is 1. The summed E-state index contributed by atoms with van der Waals surface area (Å²) in [4.78, 5) is 20.9. The third-order valence-corrected chi connectivity index (χ3v) is 4.44. The number of esters is 1. The summed E-state index contributed by atoms with van der Waals surface area (Å²) in [6.07, 6.45) is 1.73. The van der Waals surface area contributed by atoms with Gasteiger partial charge >= 0.3 is 5.97 Å². The van der Waals surface area contributed by atoms with Crippen LogP contribution in [0.2, 0.25) is 0 Å². The van der Waals surface area contributed by atoms with Crippen molar-refractivity contribution in [2.24, 2.45) is 0 Å². The van der Waals surface area contributed by atoms with Crippen LogP contribution in [0.3, 0.4) is 0 Å². The molecule has 0 aliphatic rings. The van der Waals surface area contributed by atoms with Crippen LogP contribution in [-0.4, -0.2) is 38.9 Å². The van der Waals surface area contributed by atoms with E-state index >= 15 is 0 Å². The van der Waals surface area contributed by atoms with E-state index in [4.69, 9.17) is 4.74 Å². The number of benzene rings is 2. The minimum absolute atomic E-state index is 0.0250. The van der Waals surface area contributed by atoms with Crippen LogP contribution in [0.15, 0.2) is 60.8 Å². The number of nitrogens with one attached hydrogen (secondary N) is 2. The van der Waals surface area contributed by atoms with Crippen LogP contribution < -0.4 is 10.6 Å². The molecule has 30 heavy (non-hydrogen) atoms. The van der Waals surface area contributed by atoms with Crippen LogP contribution in [0.25, 0.3) is 16.7 Å². The molecule has 8 nitrogen and oxygen atoms in total. The largest absolute Gasteiger partial charge is 0.465 e. The monoisotopic (exact) mass is 402 g/mol. The van der Waals surface area contributed by atoms with Crippen molar-refractivity contribution < 1.29 is 9.53 Å². The van der Waals surface area contributed by atoms with E-state index < -0.39 is 0 Å². The minimum atomic E-state index is -0.370. The second-order valence-corrected chi connectivity index (χ2v) is 6.67. The molecule has 0 unspecified atom stereocenters. The summed E-state index contributed by atoms with van der Waals surface area (Å²) in [6.45, 7) is 4.10. The van der Waals surface area contributed by atoms with Gasteiger partial charge in [-0.05, 0) is 38.1 Å². The first kappa shape index (κ1) is 19.4. The Hall–Kier alpha value is -3.94. The average Bonchev–Trinajstić information content (AvgIpc) is 3.19. The predicted molar refractivity (Wildman–Crippen MR) is 116 cm³/mol. The highest BCUT2D eigenvalue weighted by Gasteiger charge is 2.15. The summed E-state index contributed by atoms with van der Waals surface area (Å²) < 4.78 is 6.72. The first-order chi connectivity index (χ1) is 14.6. The molecule has 0 aliphatic heterocycles. The second-order valence-electron chi connectivity index (χ2n) is 6.67. The Morgan fingerprint density at radius 3 is 2.57 bits per heavy atom. The molecular weight excluding hydrogens is 380 g/mol. The maximum atomic E-state index is 11.8. The molecule has 0 radical (unpaired) electrons. The first-order valence-electron chi connectivity index (χ1n) is 9.68. The number of aromatic nitrogens is 4. The topological polar surface area (TPSA) is 94.0 Å². The lowest BCUT2D eigenvalue weighted by Crippen LogP contribution is -2.18. The predicted octanol–water partition coefficient (Wildman–Crippen LogP) is 3.84. The number of hydrogen-bond acceptors (Lipinski definition) is 7. The van der Waals surface area contributed by atoms with Crippen LogP contribution in [0.1, 0.15) is 12.5 Å². The summed E-state index contributed by atoms with van der Waals surface area (Å²) in [5.74, 6) is 0.533. The normalized spacial score (nSPS) is 10.7. The third-order valence-electron chi connectivity index (χ3n) is 4.44. The van der Waals surface area contributed by atoms with Gasteiger partial charge in [-0.15, -0.1) is 0 Å². The van der Waals surface area contributed by atoms with Gasteiger partial charge in [0.25, 0.3) is 0 Å². The number of ether oxygens (including phenoxy) is 1. The fraction of sp³-hybridized carbons (Fsp3) is 0.182. The zero-order valence-corrected chi connectivity index (χ0v) is 16.8. The molecule has 152 valence electrons. The van der Waals surface area contributed by atoms with Crippen molar-refractivity contribution in [3.05, 3.63) is 66.4 Å². The van der Waals surface area contributed by atoms with Gasteiger partial charge in [0, 0.05) is 5.69 Å². The van der Waals surface area contributed by atoms with Crippen molar-refractivity contribution >= 4 is 34.5 Å². The van der Waals surface area contributed by atoms with Crippen LogP contribution in [-0.2, 0) is 9.53 Å². The summed E-state index contributed by atoms with van der Waals surface area (Å²) in [7, 11) is 0. The molecule has 0 spiro atoms. The van der Waals surface area contributed by atoms with E-state index in [0.29, 0.717) is 24.0 Å². The van der Waals surface area contributed by atoms with Crippen LogP contribution in [0, 0.1) is 6.92 Å². The van der Waals surface area contributed by atoms with Crippen LogP contribution in [0.4, 0.5) is 17.5 Å². The number of para-hydroxylation sites is 1. The van der Waals surface area contributed by atoms with Crippen LogP contribution >= 0.6 is 0 Å². The van der Waals surface area contributed by atoms with Crippen molar-refractivity contribution in [1.82, 2.24) is 19.7 Å². The van der Waals surface area contributed by atoms with E-state index in [1.54, 1.807) is 17.8 Å². The molecule has 0 fully saturated rings. The summed E-state index contributed by atoms with van der Waals surface area (Å²) in [5.41, 5.74) is 3.56. The fourth-order valence-corrected chi connectivity index (χ4v) is 2.98. The van der Waals surface area contributed by atoms with E-state index in [9.17, 15) is 4.79 Å². The van der Waals surface area contributed by atoms with Gasteiger partial charge in [-0.2, -0.15) is 15.1 Å². The zero-order valence-electron chi connectivity index (χ0n) is 16.8. The van der Waals surface area contributed by atoms with E-state index in [-0.39, 0.29) is 12.5 Å². The highest BCUT2D eigenvalue weighted by molar-refractivity contribution is 5.90. The van der Waals surface area contributed by atoms with E-state index in [1.807, 2.05) is 61.5 Å². The zero-order chi connectivity index (χ0) is 20.9. The maximum Gasteiger partial charge on any atom is 0.325 e. The molecular formula is C22H22N6O2. The number of fused-ring (bicyclic) bond motifs is 1. The molecule has 0 amide bonds. The second kappa shape index (κ2) is 8.60. The van der Waals surface area contributed by atoms with Crippen molar-refractivity contribution in [3.8, 4) is 5.69 Å².